The van der Waals surface area contributed by atoms with Gasteiger partial charge < -0.3 is 9.04 Å². The number of unbranched alkanes of at least 4 members (excludes halogenated alkanes) is 18. The lowest BCUT2D eigenvalue weighted by Crippen LogP contribution is -2.41. The quantitative estimate of drug-likeness (QED) is 0.0711. The van der Waals surface area contributed by atoms with E-state index >= 15 is 0 Å². The molecule has 0 aliphatic carbocycles. The van der Waals surface area contributed by atoms with Gasteiger partial charge in [0.15, 0.2) is 0 Å². The molecule has 0 saturated heterocycles. The zero-order chi connectivity index (χ0) is 29.2. The molecule has 4 nitrogen and oxygen atoms in total. The highest BCUT2D eigenvalue weighted by Gasteiger charge is 2.13. The zero-order valence-electron chi connectivity index (χ0n) is 26.2. The van der Waals surface area contributed by atoms with E-state index in [1.54, 1.807) is 6.08 Å². The SMILES string of the molecule is C=Cc1ccc(S(=O)(=O)[O-])cc1.CCCCCCCCCCCC[N+](C)(C)CCCCCCCCCCCC. The van der Waals surface area contributed by atoms with Gasteiger partial charge in [-0.15, -0.1) is 0 Å². The number of hydrogen-bond acceptors (Lipinski definition) is 3. The van der Waals surface area contributed by atoms with Crippen molar-refractivity contribution >= 4 is 16.2 Å². The van der Waals surface area contributed by atoms with Crippen molar-refractivity contribution in [3.63, 3.8) is 0 Å². The van der Waals surface area contributed by atoms with E-state index in [1.165, 1.54) is 170 Å². The van der Waals surface area contributed by atoms with Crippen LogP contribution in [0.25, 0.3) is 6.08 Å². The van der Waals surface area contributed by atoms with Crippen molar-refractivity contribution in [2.75, 3.05) is 27.2 Å². The van der Waals surface area contributed by atoms with Gasteiger partial charge in [-0.25, -0.2) is 8.42 Å². The molecule has 0 amide bonds. The molecule has 0 fully saturated rings. The Hall–Kier alpha value is -1.17. The monoisotopic (exact) mass is 565 g/mol. The van der Waals surface area contributed by atoms with Crippen LogP contribution in [0.15, 0.2) is 35.7 Å². The van der Waals surface area contributed by atoms with E-state index in [-0.39, 0.29) is 4.90 Å². The van der Waals surface area contributed by atoms with Crippen molar-refractivity contribution in [2.45, 2.75) is 147 Å². The second-order valence-corrected chi connectivity index (χ2v) is 13.4. The molecule has 0 atom stereocenters. The molecule has 5 heteroatoms. The van der Waals surface area contributed by atoms with Crippen molar-refractivity contribution in [1.82, 2.24) is 0 Å². The summed E-state index contributed by atoms with van der Waals surface area (Å²) in [5.41, 5.74) is 0.780. The summed E-state index contributed by atoms with van der Waals surface area (Å²) in [6.07, 6.45) is 30.6. The Morgan fingerprint density at radius 2 is 0.923 bits per heavy atom. The molecular formula is C34H63NO3S. The van der Waals surface area contributed by atoms with E-state index in [0.717, 1.165) is 5.56 Å². The molecule has 0 aliphatic heterocycles. The van der Waals surface area contributed by atoms with Crippen LogP contribution in [0.5, 0.6) is 0 Å². The molecule has 1 aromatic rings. The van der Waals surface area contributed by atoms with Gasteiger partial charge in [-0.3, -0.25) is 0 Å². The third-order valence-corrected chi connectivity index (χ3v) is 8.49. The molecule has 0 aromatic heterocycles. The van der Waals surface area contributed by atoms with Gasteiger partial charge in [0.25, 0.3) is 0 Å². The Morgan fingerprint density at radius 3 is 1.21 bits per heavy atom. The lowest BCUT2D eigenvalue weighted by molar-refractivity contribution is -0.890. The highest BCUT2D eigenvalue weighted by atomic mass is 32.2. The molecule has 0 bridgehead atoms. The van der Waals surface area contributed by atoms with E-state index in [9.17, 15) is 13.0 Å². The van der Waals surface area contributed by atoms with Gasteiger partial charge in [0.1, 0.15) is 10.1 Å². The third kappa shape index (κ3) is 24.4. The van der Waals surface area contributed by atoms with E-state index in [0.29, 0.717) is 0 Å². The molecule has 0 heterocycles. The topological polar surface area (TPSA) is 57.2 Å². The van der Waals surface area contributed by atoms with Gasteiger partial charge in [-0.2, -0.15) is 0 Å². The molecule has 228 valence electrons. The van der Waals surface area contributed by atoms with Crippen LogP contribution in [0.4, 0.5) is 0 Å². The number of benzene rings is 1. The Morgan fingerprint density at radius 1 is 0.615 bits per heavy atom. The summed E-state index contributed by atoms with van der Waals surface area (Å²) < 4.78 is 32.6. The van der Waals surface area contributed by atoms with Crippen molar-refractivity contribution in [2.24, 2.45) is 0 Å². The number of nitrogens with zero attached hydrogens (tertiary/aromatic N) is 1. The molecular weight excluding hydrogens is 502 g/mol. The standard InChI is InChI=1S/C26H56N.C8H8O3S/c1-5-7-9-11-13-15-17-19-21-23-25-27(3,4)26-24-22-20-18-16-14-12-10-8-6-2;1-2-7-3-5-8(6-4-7)12(9,10)11/h5-26H2,1-4H3;2-6H,1H2,(H,9,10,11)/q+1;/p-1. The van der Waals surface area contributed by atoms with E-state index in [2.05, 4.69) is 34.5 Å². The Balaban J connectivity index is 0.000000992. The van der Waals surface area contributed by atoms with E-state index in [4.69, 9.17) is 0 Å². The first-order valence-electron chi connectivity index (χ1n) is 16.2. The van der Waals surface area contributed by atoms with Gasteiger partial charge >= 0.3 is 0 Å². The molecule has 1 rings (SSSR count). The lowest BCUT2D eigenvalue weighted by atomic mass is 10.1. The second kappa shape index (κ2) is 24.6. The minimum atomic E-state index is -4.31. The Kier molecular flexibility index (Phi) is 23.9. The minimum Gasteiger partial charge on any atom is -0.744 e. The summed E-state index contributed by atoms with van der Waals surface area (Å²) in [5, 5.41) is 0. The van der Waals surface area contributed by atoms with Crippen LogP contribution in [0.2, 0.25) is 0 Å². The Bertz CT molecular complexity index is 761. The van der Waals surface area contributed by atoms with Crippen molar-refractivity contribution in [3.8, 4) is 0 Å². The van der Waals surface area contributed by atoms with Crippen molar-refractivity contribution in [1.29, 1.82) is 0 Å². The maximum atomic E-state index is 10.5. The van der Waals surface area contributed by atoms with Crippen LogP contribution in [0.1, 0.15) is 148 Å². The fourth-order valence-corrected chi connectivity index (χ4v) is 5.41. The van der Waals surface area contributed by atoms with Crippen LogP contribution < -0.4 is 0 Å². The second-order valence-electron chi connectivity index (χ2n) is 12.0. The van der Waals surface area contributed by atoms with Gasteiger partial charge in [0.05, 0.1) is 32.1 Å². The minimum absolute atomic E-state index is 0.215. The van der Waals surface area contributed by atoms with Gasteiger partial charge in [0.2, 0.25) is 0 Å². The molecule has 0 radical (unpaired) electrons. The molecule has 0 unspecified atom stereocenters. The fourth-order valence-electron chi connectivity index (χ4n) is 4.94. The van der Waals surface area contributed by atoms with Gasteiger partial charge in [-0.05, 0) is 43.4 Å². The summed E-state index contributed by atoms with van der Waals surface area (Å²) in [7, 11) is 0.580. The average Bonchev–Trinajstić information content (AvgIpc) is 2.90. The highest BCUT2D eigenvalue weighted by Crippen LogP contribution is 2.14. The van der Waals surface area contributed by atoms with E-state index < -0.39 is 10.1 Å². The first-order chi connectivity index (χ1) is 18.7. The molecule has 39 heavy (non-hydrogen) atoms. The van der Waals surface area contributed by atoms with Crippen molar-refractivity contribution < 1.29 is 17.5 Å². The summed E-state index contributed by atoms with van der Waals surface area (Å²) in [4.78, 5) is -0.215. The number of quaternary nitrogens is 1. The largest absolute Gasteiger partial charge is 0.744 e. The molecule has 0 aliphatic rings. The predicted octanol–water partition coefficient (Wildman–Crippen LogP) is 10.1. The summed E-state index contributed by atoms with van der Waals surface area (Å²) in [6, 6.07) is 5.58. The van der Waals surface area contributed by atoms with Crippen molar-refractivity contribution in [3.05, 3.63) is 36.4 Å². The maximum Gasteiger partial charge on any atom is 0.124 e. The normalized spacial score (nSPS) is 11.7. The molecule has 1 aromatic carbocycles. The van der Waals surface area contributed by atoms with Crippen LogP contribution >= 0.6 is 0 Å². The van der Waals surface area contributed by atoms with Crippen LogP contribution in [0.3, 0.4) is 0 Å². The maximum absolute atomic E-state index is 10.5. The highest BCUT2D eigenvalue weighted by molar-refractivity contribution is 7.85. The summed E-state index contributed by atoms with van der Waals surface area (Å²) in [6.45, 7) is 10.9. The first-order valence-corrected chi connectivity index (χ1v) is 17.6. The summed E-state index contributed by atoms with van der Waals surface area (Å²) >= 11 is 0. The van der Waals surface area contributed by atoms with Gasteiger partial charge in [0, 0.05) is 0 Å². The van der Waals surface area contributed by atoms with Crippen LogP contribution in [-0.4, -0.2) is 44.6 Å². The number of rotatable bonds is 24. The predicted molar refractivity (Wildman–Crippen MR) is 170 cm³/mol. The first kappa shape index (κ1) is 37.8. The van der Waals surface area contributed by atoms with Crippen LogP contribution in [0, 0.1) is 0 Å². The Labute approximate surface area is 244 Å². The molecule has 0 spiro atoms. The number of hydrogen-bond donors (Lipinski definition) is 0. The smallest absolute Gasteiger partial charge is 0.124 e. The third-order valence-electron chi connectivity index (χ3n) is 7.64. The lowest BCUT2D eigenvalue weighted by Gasteiger charge is -2.30. The average molecular weight is 566 g/mol. The zero-order valence-corrected chi connectivity index (χ0v) is 27.0. The van der Waals surface area contributed by atoms with Crippen LogP contribution in [-0.2, 0) is 10.1 Å². The molecule has 0 N–H and O–H groups in total. The summed E-state index contributed by atoms with van der Waals surface area (Å²) in [5.74, 6) is 0. The van der Waals surface area contributed by atoms with E-state index in [1.807, 2.05) is 0 Å². The van der Waals surface area contributed by atoms with Gasteiger partial charge in [-0.1, -0.05) is 141 Å². The molecule has 0 saturated carbocycles. The fraction of sp³-hybridized carbons (Fsp3) is 0.765.